The molecule has 2 aromatic rings. The summed E-state index contributed by atoms with van der Waals surface area (Å²) in [7, 11) is 0. The topological polar surface area (TPSA) is 17.8 Å². The number of imidazole rings is 1. The van der Waals surface area contributed by atoms with Gasteiger partial charge in [0, 0.05) is 24.1 Å². The molecule has 76 valence electrons. The molecule has 2 heterocycles. The van der Waals surface area contributed by atoms with Crippen molar-refractivity contribution >= 4 is 11.8 Å². The average molecular weight is 216 g/mol. The van der Waals surface area contributed by atoms with Gasteiger partial charge in [0.05, 0.1) is 5.69 Å². The highest BCUT2D eigenvalue weighted by Crippen LogP contribution is 2.29. The van der Waals surface area contributed by atoms with Gasteiger partial charge >= 0.3 is 0 Å². The molecule has 0 aliphatic carbocycles. The van der Waals surface area contributed by atoms with Crippen molar-refractivity contribution in [3.05, 3.63) is 36.0 Å². The second kappa shape index (κ2) is 3.42. The van der Waals surface area contributed by atoms with Crippen molar-refractivity contribution < 1.29 is 0 Å². The van der Waals surface area contributed by atoms with Gasteiger partial charge in [-0.25, -0.2) is 4.98 Å². The van der Waals surface area contributed by atoms with Crippen LogP contribution in [0.1, 0.15) is 5.56 Å². The summed E-state index contributed by atoms with van der Waals surface area (Å²) in [5.41, 5.74) is 3.65. The van der Waals surface area contributed by atoms with Gasteiger partial charge in [-0.3, -0.25) is 0 Å². The van der Waals surface area contributed by atoms with Crippen LogP contribution in [-0.4, -0.2) is 15.3 Å². The molecule has 3 rings (SSSR count). The number of fused-ring (bicyclic) bond motifs is 1. The number of aryl methyl sites for hydroxylation is 2. The highest BCUT2D eigenvalue weighted by atomic mass is 32.2. The van der Waals surface area contributed by atoms with Crippen LogP contribution in [0.5, 0.6) is 0 Å². The molecule has 0 fully saturated rings. The third kappa shape index (κ3) is 1.47. The Labute approximate surface area is 93.3 Å². The highest BCUT2D eigenvalue weighted by molar-refractivity contribution is 7.99. The lowest BCUT2D eigenvalue weighted by molar-refractivity contribution is 0.719. The van der Waals surface area contributed by atoms with Crippen LogP contribution in [-0.2, 0) is 6.54 Å². The predicted octanol–water partition coefficient (Wildman–Crippen LogP) is 2.96. The Kier molecular flexibility index (Phi) is 2.06. The molecule has 1 aromatic carbocycles. The van der Waals surface area contributed by atoms with Crippen LogP contribution in [0.15, 0.2) is 35.6 Å². The molecule has 0 spiro atoms. The number of thioether (sulfide) groups is 1. The Bertz CT molecular complexity index is 481. The van der Waals surface area contributed by atoms with Crippen molar-refractivity contribution in [2.45, 2.75) is 18.6 Å². The SMILES string of the molecule is Cc1ccccc1-c1cn2c(n1)SCC2. The molecule has 1 aliphatic rings. The van der Waals surface area contributed by atoms with Gasteiger partial charge in [-0.2, -0.15) is 0 Å². The molecule has 0 amide bonds. The summed E-state index contributed by atoms with van der Waals surface area (Å²) in [5.74, 6) is 1.16. The molecule has 15 heavy (non-hydrogen) atoms. The maximum atomic E-state index is 4.65. The third-order valence-electron chi connectivity index (χ3n) is 2.72. The minimum Gasteiger partial charge on any atom is -0.325 e. The van der Waals surface area contributed by atoms with Crippen molar-refractivity contribution in [2.75, 3.05) is 5.75 Å². The number of hydrogen-bond donors (Lipinski definition) is 0. The normalized spacial score (nSPS) is 14.2. The lowest BCUT2D eigenvalue weighted by atomic mass is 10.1. The summed E-state index contributed by atoms with van der Waals surface area (Å²) >= 11 is 1.84. The Morgan fingerprint density at radius 1 is 1.33 bits per heavy atom. The number of benzene rings is 1. The van der Waals surface area contributed by atoms with E-state index < -0.39 is 0 Å². The van der Waals surface area contributed by atoms with Crippen molar-refractivity contribution in [1.82, 2.24) is 9.55 Å². The molecular weight excluding hydrogens is 204 g/mol. The first-order chi connectivity index (χ1) is 7.34. The lowest BCUT2D eigenvalue weighted by Crippen LogP contribution is -1.89. The minimum atomic E-state index is 1.10. The lowest BCUT2D eigenvalue weighted by Gasteiger charge is -2.00. The van der Waals surface area contributed by atoms with E-state index in [0.29, 0.717) is 0 Å². The molecular formula is C12H12N2S. The van der Waals surface area contributed by atoms with Gasteiger partial charge in [-0.1, -0.05) is 36.0 Å². The summed E-state index contributed by atoms with van der Waals surface area (Å²) in [4.78, 5) is 4.65. The zero-order valence-electron chi connectivity index (χ0n) is 8.60. The maximum Gasteiger partial charge on any atom is 0.168 e. The number of nitrogens with zero attached hydrogens (tertiary/aromatic N) is 2. The molecule has 1 aliphatic heterocycles. The largest absolute Gasteiger partial charge is 0.325 e. The van der Waals surface area contributed by atoms with Crippen LogP contribution in [0.3, 0.4) is 0 Å². The Balaban J connectivity index is 2.10. The molecule has 0 radical (unpaired) electrons. The molecule has 3 heteroatoms. The monoisotopic (exact) mass is 216 g/mol. The van der Waals surface area contributed by atoms with Crippen molar-refractivity contribution in [2.24, 2.45) is 0 Å². The van der Waals surface area contributed by atoms with Gasteiger partial charge in [0.2, 0.25) is 0 Å². The van der Waals surface area contributed by atoms with E-state index in [-0.39, 0.29) is 0 Å². The van der Waals surface area contributed by atoms with Gasteiger partial charge < -0.3 is 4.57 Å². The van der Waals surface area contributed by atoms with E-state index in [1.807, 2.05) is 11.8 Å². The van der Waals surface area contributed by atoms with Gasteiger partial charge in [-0.05, 0) is 12.5 Å². The molecule has 0 unspecified atom stereocenters. The zero-order chi connectivity index (χ0) is 10.3. The second-order valence-corrected chi connectivity index (χ2v) is 4.83. The van der Waals surface area contributed by atoms with Crippen LogP contribution in [0, 0.1) is 6.92 Å². The average Bonchev–Trinajstić information content (AvgIpc) is 2.77. The van der Waals surface area contributed by atoms with Gasteiger partial charge in [0.1, 0.15) is 0 Å². The standard InChI is InChI=1S/C12H12N2S/c1-9-4-2-3-5-10(9)11-8-14-6-7-15-12(14)13-11/h2-5,8H,6-7H2,1H3. The first kappa shape index (κ1) is 9.04. The molecule has 1 aromatic heterocycles. The van der Waals surface area contributed by atoms with Gasteiger partial charge in [0.25, 0.3) is 0 Å². The molecule has 0 atom stereocenters. The first-order valence-corrected chi connectivity index (χ1v) is 6.09. The van der Waals surface area contributed by atoms with Crippen LogP contribution >= 0.6 is 11.8 Å². The molecule has 0 saturated carbocycles. The first-order valence-electron chi connectivity index (χ1n) is 5.10. The van der Waals surface area contributed by atoms with Crippen LogP contribution < -0.4 is 0 Å². The summed E-state index contributed by atoms with van der Waals surface area (Å²) in [6.45, 7) is 3.23. The van der Waals surface area contributed by atoms with E-state index in [2.05, 4.69) is 46.9 Å². The van der Waals surface area contributed by atoms with Crippen LogP contribution in [0.4, 0.5) is 0 Å². The minimum absolute atomic E-state index is 1.10. The quantitative estimate of drug-likeness (QED) is 0.729. The summed E-state index contributed by atoms with van der Waals surface area (Å²) in [6.07, 6.45) is 2.16. The predicted molar refractivity (Wildman–Crippen MR) is 63.1 cm³/mol. The van der Waals surface area contributed by atoms with Crippen molar-refractivity contribution in [3.63, 3.8) is 0 Å². The van der Waals surface area contributed by atoms with E-state index in [4.69, 9.17) is 0 Å². The summed E-state index contributed by atoms with van der Waals surface area (Å²) in [5, 5.41) is 1.16. The van der Waals surface area contributed by atoms with Gasteiger partial charge in [0.15, 0.2) is 5.16 Å². The number of hydrogen-bond acceptors (Lipinski definition) is 2. The molecule has 0 N–H and O–H groups in total. The van der Waals surface area contributed by atoms with E-state index in [1.165, 1.54) is 11.1 Å². The van der Waals surface area contributed by atoms with Crippen molar-refractivity contribution in [1.29, 1.82) is 0 Å². The van der Waals surface area contributed by atoms with E-state index in [1.54, 1.807) is 0 Å². The van der Waals surface area contributed by atoms with E-state index in [9.17, 15) is 0 Å². The van der Waals surface area contributed by atoms with Crippen molar-refractivity contribution in [3.8, 4) is 11.3 Å². The van der Waals surface area contributed by atoms with Gasteiger partial charge in [-0.15, -0.1) is 0 Å². The fourth-order valence-corrected chi connectivity index (χ4v) is 2.84. The molecule has 2 nitrogen and oxygen atoms in total. The summed E-state index contributed by atoms with van der Waals surface area (Å²) in [6, 6.07) is 8.41. The Hall–Kier alpha value is -1.22. The fraction of sp³-hybridized carbons (Fsp3) is 0.250. The smallest absolute Gasteiger partial charge is 0.168 e. The summed E-state index contributed by atoms with van der Waals surface area (Å²) < 4.78 is 2.24. The maximum absolute atomic E-state index is 4.65. The Morgan fingerprint density at radius 3 is 3.00 bits per heavy atom. The van der Waals surface area contributed by atoms with E-state index in [0.717, 1.165) is 23.1 Å². The second-order valence-electron chi connectivity index (χ2n) is 3.77. The number of aromatic nitrogens is 2. The molecule has 0 bridgehead atoms. The zero-order valence-corrected chi connectivity index (χ0v) is 9.42. The third-order valence-corrected chi connectivity index (χ3v) is 3.69. The highest BCUT2D eigenvalue weighted by Gasteiger charge is 2.15. The van der Waals surface area contributed by atoms with E-state index >= 15 is 0 Å². The van der Waals surface area contributed by atoms with Crippen LogP contribution in [0.25, 0.3) is 11.3 Å². The van der Waals surface area contributed by atoms with Crippen LogP contribution in [0.2, 0.25) is 0 Å². The fourth-order valence-electron chi connectivity index (χ4n) is 1.90. The Morgan fingerprint density at radius 2 is 2.20 bits per heavy atom. The molecule has 0 saturated heterocycles. The number of rotatable bonds is 1.